The number of ether oxygens (including phenoxy) is 2. The number of likely N-dealkylation sites (tertiary alicyclic amines) is 2. The zero-order chi connectivity index (χ0) is 78.5. The van der Waals surface area contributed by atoms with Gasteiger partial charge in [0, 0.05) is 134 Å². The molecule has 0 saturated carbocycles. The van der Waals surface area contributed by atoms with Crippen LogP contribution in [-0.2, 0) is 28.8 Å². The van der Waals surface area contributed by atoms with Gasteiger partial charge < -0.3 is 71.8 Å². The number of carboxylic acid groups (broad SMARTS) is 3. The number of nitriles is 2. The van der Waals surface area contributed by atoms with Crippen molar-refractivity contribution in [2.24, 2.45) is 0 Å². The highest BCUT2D eigenvalue weighted by atomic mass is 19.3. The lowest BCUT2D eigenvalue weighted by Gasteiger charge is -2.35. The van der Waals surface area contributed by atoms with E-state index in [1.807, 2.05) is 4.90 Å². The molecule has 9 rings (SSSR count). The lowest BCUT2D eigenvalue weighted by Crippen LogP contribution is -2.52. The fraction of sp³-hybridized carbons (Fsp3) is 0.493. The Morgan fingerprint density at radius 3 is 1.37 bits per heavy atom. The number of aliphatic carboxylic acids is 3. The molecule has 6 aromatic rings. The average molecular weight is 1520 g/mol. The van der Waals surface area contributed by atoms with Crippen molar-refractivity contribution in [1.29, 1.82) is 10.5 Å². The third kappa shape index (κ3) is 22.3. The van der Waals surface area contributed by atoms with Gasteiger partial charge in [-0.05, 0) is 80.6 Å². The fourth-order valence-electron chi connectivity index (χ4n) is 13.0. The second-order valence-electron chi connectivity index (χ2n) is 26.5. The number of carbonyl (C=O) groups is 8. The van der Waals surface area contributed by atoms with Crippen molar-refractivity contribution < 1.29 is 80.7 Å². The van der Waals surface area contributed by atoms with E-state index in [9.17, 15) is 101 Å². The summed E-state index contributed by atoms with van der Waals surface area (Å²) in [6.07, 6.45) is 2.66. The molecule has 3 fully saturated rings. The van der Waals surface area contributed by atoms with E-state index in [-0.39, 0.29) is 152 Å². The number of hydrogen-bond donors (Lipinski definition) is 10. The van der Waals surface area contributed by atoms with E-state index in [0.717, 1.165) is 9.80 Å². The number of carboxylic acids is 3. The van der Waals surface area contributed by atoms with Gasteiger partial charge >= 0.3 is 17.9 Å². The molecule has 0 spiro atoms. The topological polar surface area (TPSA) is 461 Å². The molecule has 582 valence electrons. The van der Waals surface area contributed by atoms with Crippen molar-refractivity contribution in [2.75, 3.05) is 165 Å². The minimum absolute atomic E-state index is 0.0105. The number of unbranched alkanes of at least 4 members (excludes halogenated alkanes) is 2. The van der Waals surface area contributed by atoms with Gasteiger partial charge in [0.2, 0.25) is 17.7 Å². The van der Waals surface area contributed by atoms with Crippen LogP contribution in [0.3, 0.4) is 0 Å². The van der Waals surface area contributed by atoms with Crippen molar-refractivity contribution in [1.82, 2.24) is 55.3 Å². The van der Waals surface area contributed by atoms with Crippen LogP contribution in [0.15, 0.2) is 80.1 Å². The van der Waals surface area contributed by atoms with E-state index in [4.69, 9.17) is 9.47 Å². The van der Waals surface area contributed by atoms with Crippen molar-refractivity contribution in [3.05, 3.63) is 113 Å². The number of anilines is 4. The smallest absolute Gasteiger partial charge is 0.320 e. The maximum atomic E-state index is 13.9. The van der Waals surface area contributed by atoms with Gasteiger partial charge in [-0.25, -0.2) is 17.6 Å². The average Bonchev–Trinajstić information content (AvgIpc) is 1.30. The molecular weight excluding hydrogens is 1440 g/mol. The molecular formula is C71H83F4N17O17. The summed E-state index contributed by atoms with van der Waals surface area (Å²) in [7, 11) is 0. The molecule has 34 nitrogen and oxygen atoms in total. The molecule has 0 aliphatic carbocycles. The number of amides is 5. The summed E-state index contributed by atoms with van der Waals surface area (Å²) in [5.41, 5.74) is -1.59. The minimum atomic E-state index is -3.22. The van der Waals surface area contributed by atoms with Crippen LogP contribution in [0.2, 0.25) is 0 Å². The van der Waals surface area contributed by atoms with Gasteiger partial charge in [-0.1, -0.05) is 0 Å². The maximum Gasteiger partial charge on any atom is 0.320 e. The maximum absolute atomic E-state index is 13.9. The number of carbonyl (C=O) groups excluding carboxylic acids is 5. The Bertz CT molecular complexity index is 4530. The van der Waals surface area contributed by atoms with Crippen molar-refractivity contribution >= 4 is 92.0 Å². The van der Waals surface area contributed by atoms with E-state index in [1.165, 1.54) is 24.5 Å². The van der Waals surface area contributed by atoms with Crippen molar-refractivity contribution in [2.45, 2.75) is 81.3 Å². The number of alkyl halides is 4. The van der Waals surface area contributed by atoms with E-state index in [1.54, 1.807) is 63.2 Å². The molecule has 10 N–H and O–H groups in total. The molecule has 3 unspecified atom stereocenters. The summed E-state index contributed by atoms with van der Waals surface area (Å²) in [4.78, 5) is 170. The minimum Gasteiger partial charge on any atom is -0.494 e. The van der Waals surface area contributed by atoms with Crippen LogP contribution in [0, 0.1) is 22.7 Å². The van der Waals surface area contributed by atoms with Crippen LogP contribution in [0.5, 0.6) is 11.5 Å². The molecule has 4 aromatic carbocycles. The van der Waals surface area contributed by atoms with Crippen molar-refractivity contribution in [3.63, 3.8) is 0 Å². The number of halogens is 4. The Morgan fingerprint density at radius 2 is 0.945 bits per heavy atom. The molecule has 2 aromatic heterocycles. The molecule has 3 aliphatic heterocycles. The summed E-state index contributed by atoms with van der Waals surface area (Å²) in [6, 6.07) is 12.0. The SMILES string of the molecule is N#CC1CC(F)(F)CN1C(=O)CNC(=O)c1ccnc2ccc(OCCCCNc3c(NCCNC(=O)CCC(C(=O)O)N4CCN(CC(=O)O)CCN(CCNc5c(NCCCCOc6ccc7nccc(C(=O)NCC(=O)N8CC(F)(F)CC8C#N)c7c6)c(=O)c5=O)CCN(CC(=O)O)CC4)c(=O)c3=O)cc12. The molecule has 38 heteroatoms. The van der Waals surface area contributed by atoms with Crippen molar-refractivity contribution in [3.8, 4) is 23.6 Å². The van der Waals surface area contributed by atoms with Gasteiger partial charge in [0.15, 0.2) is 0 Å². The summed E-state index contributed by atoms with van der Waals surface area (Å²) < 4.78 is 67.5. The molecule has 0 radical (unpaired) electrons. The molecule has 3 saturated heterocycles. The highest BCUT2D eigenvalue weighted by Crippen LogP contribution is 2.34. The number of fused-ring (bicyclic) bond motifs is 2. The number of rotatable bonds is 37. The number of aromatic nitrogens is 2. The molecule has 3 atom stereocenters. The standard InChI is InChI=1S/C71H83F4N17O17/c72-70(73)33-43(35-76)91(41-70)55(94)37-85-67(104)47-11-15-78-51-7-5-45(31-49(47)51)108-29-3-1-13-81-59-61(65(102)63(59)100)83-18-17-80-54(93)10-9-53(69(106)107)90-27-25-88(39-57(96)97)23-21-87(22-24-89(26-28-90)40-58(98)99)20-19-84-62-60(64(101)66(62)103)82-14-2-4-30-109-46-6-8-52-50(32-46)48(12-16-79-52)68(105)86-38-56(95)92-42-71(74,75)34-44(92)36-77/h5-8,11-12,15-16,31-32,43-44,53,81-84H,1-4,9-10,13-14,17-30,33-34,37-42H2,(H,80,93)(H,85,104)(H,86,105)(H,96,97)(H,98,99)(H,106,107). The van der Waals surface area contributed by atoms with Crippen LogP contribution in [0.4, 0.5) is 40.3 Å². The Balaban J connectivity index is 0.677. The van der Waals surface area contributed by atoms with E-state index >= 15 is 0 Å². The number of benzene rings is 2. The molecule has 0 bridgehead atoms. The van der Waals surface area contributed by atoms with E-state index in [2.05, 4.69) is 47.2 Å². The first-order chi connectivity index (χ1) is 52.1. The van der Waals surface area contributed by atoms with Crippen LogP contribution in [0.1, 0.15) is 72.1 Å². The second-order valence-corrected chi connectivity index (χ2v) is 26.5. The highest BCUT2D eigenvalue weighted by molar-refractivity contribution is 6.08. The molecule has 3 aliphatic rings. The van der Waals surface area contributed by atoms with Gasteiger partial charge in [0.1, 0.15) is 52.4 Å². The Labute approximate surface area is 619 Å². The zero-order valence-electron chi connectivity index (χ0n) is 59.3. The van der Waals surface area contributed by atoms with Gasteiger partial charge in [-0.15, -0.1) is 0 Å². The van der Waals surface area contributed by atoms with Gasteiger partial charge in [-0.3, -0.25) is 87.1 Å². The lowest BCUT2D eigenvalue weighted by atomic mass is 10.1. The summed E-state index contributed by atoms with van der Waals surface area (Å²) in [6.45, 7) is -1.52. The fourth-order valence-corrected chi connectivity index (χ4v) is 13.0. The first-order valence-corrected chi connectivity index (χ1v) is 35.3. The third-order valence-electron chi connectivity index (χ3n) is 18.7. The summed E-state index contributed by atoms with van der Waals surface area (Å²) in [5.74, 6) is -12.8. The van der Waals surface area contributed by atoms with Gasteiger partial charge in [0.05, 0.1) is 86.8 Å². The van der Waals surface area contributed by atoms with Gasteiger partial charge in [0.25, 0.3) is 45.4 Å². The number of hydrogen-bond acceptors (Lipinski definition) is 26. The summed E-state index contributed by atoms with van der Waals surface area (Å²) in [5, 5.41) is 69.0. The second kappa shape index (κ2) is 37.9. The van der Waals surface area contributed by atoms with Crippen LogP contribution < -0.4 is 68.4 Å². The third-order valence-corrected chi connectivity index (χ3v) is 18.7. The molecule has 5 heterocycles. The first-order valence-electron chi connectivity index (χ1n) is 35.3. The predicted molar refractivity (Wildman–Crippen MR) is 385 cm³/mol. The largest absolute Gasteiger partial charge is 0.494 e. The zero-order valence-corrected chi connectivity index (χ0v) is 59.3. The molecule has 109 heavy (non-hydrogen) atoms. The van der Waals surface area contributed by atoms with Crippen LogP contribution in [-0.4, -0.2) is 276 Å². The highest BCUT2D eigenvalue weighted by Gasteiger charge is 2.48. The predicted octanol–water partition coefficient (Wildman–Crippen LogP) is 0.761. The normalized spacial score (nSPS) is 17.5. The summed E-state index contributed by atoms with van der Waals surface area (Å²) >= 11 is 0. The number of nitrogens with one attached hydrogen (secondary N) is 7. The van der Waals surface area contributed by atoms with Crippen LogP contribution >= 0.6 is 0 Å². The number of nitrogens with zero attached hydrogens (tertiary/aromatic N) is 10. The monoisotopic (exact) mass is 1520 g/mol. The Hall–Kier alpha value is -11.5. The van der Waals surface area contributed by atoms with Crippen LogP contribution in [0.25, 0.3) is 21.8 Å². The first kappa shape index (κ1) is 81.6. The van der Waals surface area contributed by atoms with E-state index in [0.29, 0.717) is 59.0 Å². The molecule has 5 amide bonds. The number of pyridine rings is 2. The van der Waals surface area contributed by atoms with Gasteiger partial charge in [-0.2, -0.15) is 10.5 Å². The Morgan fingerprint density at radius 1 is 0.532 bits per heavy atom. The van der Waals surface area contributed by atoms with E-state index < -0.39 is 151 Å². The Kier molecular flexibility index (Phi) is 28.3. The lowest BCUT2D eigenvalue weighted by molar-refractivity contribution is -0.145. The quantitative estimate of drug-likeness (QED) is 0.0146.